The summed E-state index contributed by atoms with van der Waals surface area (Å²) in [5.41, 5.74) is 0.992. The van der Waals surface area contributed by atoms with Gasteiger partial charge in [0.1, 0.15) is 5.76 Å². The lowest BCUT2D eigenvalue weighted by Gasteiger charge is -2.38. The smallest absolute Gasteiger partial charge is 0.287 e. The van der Waals surface area contributed by atoms with Crippen molar-refractivity contribution in [3.8, 4) is 0 Å². The van der Waals surface area contributed by atoms with E-state index in [1.165, 1.54) is 0 Å². The van der Waals surface area contributed by atoms with Gasteiger partial charge in [-0.15, -0.1) is 0 Å². The van der Waals surface area contributed by atoms with Crippen LogP contribution in [-0.2, 0) is 16.6 Å². The third-order valence-corrected chi connectivity index (χ3v) is 4.94. The van der Waals surface area contributed by atoms with Crippen LogP contribution in [0.15, 0.2) is 40.8 Å². The molecule has 5 heteroatoms. The summed E-state index contributed by atoms with van der Waals surface area (Å²) < 4.78 is 11.1. The summed E-state index contributed by atoms with van der Waals surface area (Å²) in [6.07, 6.45) is 2.48. The SMILES string of the molecule is CCc1ccc(C(=O)NCC2(c3cccc(Cl)c3)CCOCC2)o1. The highest BCUT2D eigenvalue weighted by molar-refractivity contribution is 6.30. The Labute approximate surface area is 147 Å². The Kier molecular flexibility index (Phi) is 5.27. The Balaban J connectivity index is 1.76. The first-order valence-electron chi connectivity index (χ1n) is 8.34. The monoisotopic (exact) mass is 347 g/mol. The van der Waals surface area contributed by atoms with Crippen molar-refractivity contribution in [2.24, 2.45) is 0 Å². The van der Waals surface area contributed by atoms with E-state index in [-0.39, 0.29) is 11.3 Å². The van der Waals surface area contributed by atoms with Crippen molar-refractivity contribution in [1.82, 2.24) is 5.32 Å². The van der Waals surface area contributed by atoms with Gasteiger partial charge in [-0.3, -0.25) is 4.79 Å². The maximum absolute atomic E-state index is 12.4. The number of ether oxygens (including phenoxy) is 1. The molecule has 1 aromatic carbocycles. The standard InChI is InChI=1S/C19H22ClNO3/c1-2-16-6-7-17(24-16)18(22)21-13-19(8-10-23-11-9-19)14-4-3-5-15(20)12-14/h3-7,12H,2,8-11,13H2,1H3,(H,21,22). The van der Waals surface area contributed by atoms with E-state index in [0.717, 1.165) is 30.6 Å². The van der Waals surface area contributed by atoms with E-state index < -0.39 is 0 Å². The highest BCUT2D eigenvalue weighted by atomic mass is 35.5. The first-order chi connectivity index (χ1) is 11.6. The summed E-state index contributed by atoms with van der Waals surface area (Å²) in [5, 5.41) is 3.74. The van der Waals surface area contributed by atoms with E-state index in [2.05, 4.69) is 11.4 Å². The van der Waals surface area contributed by atoms with Gasteiger partial charge >= 0.3 is 0 Å². The molecule has 3 rings (SSSR count). The summed E-state index contributed by atoms with van der Waals surface area (Å²) in [4.78, 5) is 12.4. The van der Waals surface area contributed by atoms with E-state index in [4.69, 9.17) is 20.8 Å². The molecule has 0 spiro atoms. The third kappa shape index (κ3) is 3.65. The third-order valence-electron chi connectivity index (χ3n) is 4.71. The van der Waals surface area contributed by atoms with Crippen LogP contribution in [-0.4, -0.2) is 25.7 Å². The Morgan fingerprint density at radius 1 is 1.25 bits per heavy atom. The fourth-order valence-corrected chi connectivity index (χ4v) is 3.36. The number of carbonyl (C=O) groups is 1. The lowest BCUT2D eigenvalue weighted by molar-refractivity contribution is 0.0484. The normalized spacial score (nSPS) is 16.8. The molecule has 1 fully saturated rings. The zero-order chi connectivity index (χ0) is 17.0. The van der Waals surface area contributed by atoms with Crippen molar-refractivity contribution >= 4 is 17.5 Å². The van der Waals surface area contributed by atoms with Crippen LogP contribution in [0.2, 0.25) is 5.02 Å². The second-order valence-electron chi connectivity index (χ2n) is 6.21. The number of carbonyl (C=O) groups excluding carboxylic acids is 1. The fourth-order valence-electron chi connectivity index (χ4n) is 3.17. The topological polar surface area (TPSA) is 51.5 Å². The van der Waals surface area contributed by atoms with Gasteiger partial charge in [-0.05, 0) is 42.7 Å². The van der Waals surface area contributed by atoms with Crippen molar-refractivity contribution in [1.29, 1.82) is 0 Å². The average molecular weight is 348 g/mol. The van der Waals surface area contributed by atoms with Crippen LogP contribution in [0.4, 0.5) is 0 Å². The number of benzene rings is 1. The number of furan rings is 1. The first kappa shape index (κ1) is 17.1. The summed E-state index contributed by atoms with van der Waals surface area (Å²) in [5.74, 6) is 0.999. The van der Waals surface area contributed by atoms with Gasteiger partial charge in [0.05, 0.1) is 0 Å². The van der Waals surface area contributed by atoms with Crippen LogP contribution in [0, 0.1) is 0 Å². The summed E-state index contributed by atoms with van der Waals surface area (Å²) >= 11 is 6.17. The van der Waals surface area contributed by atoms with Crippen molar-refractivity contribution < 1.29 is 13.9 Å². The maximum atomic E-state index is 12.4. The fraction of sp³-hybridized carbons (Fsp3) is 0.421. The van der Waals surface area contributed by atoms with E-state index in [0.29, 0.717) is 30.5 Å². The van der Waals surface area contributed by atoms with Gasteiger partial charge in [0.2, 0.25) is 0 Å². The number of nitrogens with one attached hydrogen (secondary N) is 1. The predicted molar refractivity (Wildman–Crippen MR) is 93.6 cm³/mol. The van der Waals surface area contributed by atoms with Crippen LogP contribution >= 0.6 is 11.6 Å². The molecule has 0 atom stereocenters. The van der Waals surface area contributed by atoms with Gasteiger partial charge in [-0.25, -0.2) is 0 Å². The van der Waals surface area contributed by atoms with E-state index >= 15 is 0 Å². The molecule has 0 aliphatic carbocycles. The van der Waals surface area contributed by atoms with Gasteiger partial charge < -0.3 is 14.5 Å². The molecule has 1 saturated heterocycles. The van der Waals surface area contributed by atoms with Crippen molar-refractivity contribution in [3.05, 3.63) is 58.5 Å². The summed E-state index contributed by atoms with van der Waals surface area (Å²) in [6.45, 7) is 3.90. The number of amides is 1. The van der Waals surface area contributed by atoms with Gasteiger partial charge in [0.25, 0.3) is 5.91 Å². The molecule has 1 amide bonds. The maximum Gasteiger partial charge on any atom is 0.287 e. The molecular formula is C19H22ClNO3. The second-order valence-corrected chi connectivity index (χ2v) is 6.64. The molecule has 4 nitrogen and oxygen atoms in total. The Morgan fingerprint density at radius 3 is 2.71 bits per heavy atom. The van der Waals surface area contributed by atoms with Crippen LogP contribution in [0.3, 0.4) is 0 Å². The molecule has 1 N–H and O–H groups in total. The van der Waals surface area contributed by atoms with E-state index in [9.17, 15) is 4.79 Å². The zero-order valence-electron chi connectivity index (χ0n) is 13.8. The number of halogens is 1. The quantitative estimate of drug-likeness (QED) is 0.890. The number of aryl methyl sites for hydroxylation is 1. The molecule has 1 aliphatic rings. The first-order valence-corrected chi connectivity index (χ1v) is 8.71. The predicted octanol–water partition coefficient (Wildman–Crippen LogP) is 3.97. The zero-order valence-corrected chi connectivity index (χ0v) is 14.6. The summed E-state index contributed by atoms with van der Waals surface area (Å²) in [7, 11) is 0. The number of hydrogen-bond donors (Lipinski definition) is 1. The number of hydrogen-bond acceptors (Lipinski definition) is 3. The Morgan fingerprint density at radius 2 is 2.04 bits per heavy atom. The molecule has 0 bridgehead atoms. The highest BCUT2D eigenvalue weighted by Crippen LogP contribution is 2.35. The van der Waals surface area contributed by atoms with Crippen LogP contribution in [0.1, 0.15) is 41.6 Å². The van der Waals surface area contributed by atoms with Gasteiger partial charge in [-0.1, -0.05) is 30.7 Å². The van der Waals surface area contributed by atoms with E-state index in [1.54, 1.807) is 6.07 Å². The average Bonchev–Trinajstić information content (AvgIpc) is 3.10. The van der Waals surface area contributed by atoms with Gasteiger partial charge in [0, 0.05) is 36.6 Å². The second kappa shape index (κ2) is 7.41. The lowest BCUT2D eigenvalue weighted by Crippen LogP contribution is -2.44. The van der Waals surface area contributed by atoms with Crippen LogP contribution in [0.25, 0.3) is 0 Å². The molecule has 24 heavy (non-hydrogen) atoms. The number of rotatable bonds is 5. The van der Waals surface area contributed by atoms with Crippen LogP contribution < -0.4 is 5.32 Å². The molecule has 128 valence electrons. The molecule has 0 radical (unpaired) electrons. The highest BCUT2D eigenvalue weighted by Gasteiger charge is 2.35. The van der Waals surface area contributed by atoms with Crippen molar-refractivity contribution in [3.63, 3.8) is 0 Å². The van der Waals surface area contributed by atoms with Crippen molar-refractivity contribution in [2.75, 3.05) is 19.8 Å². The minimum Gasteiger partial charge on any atom is -0.456 e. The molecule has 2 heterocycles. The molecule has 0 saturated carbocycles. The molecule has 1 aliphatic heterocycles. The lowest BCUT2D eigenvalue weighted by atomic mass is 9.74. The van der Waals surface area contributed by atoms with Gasteiger partial charge in [-0.2, -0.15) is 0 Å². The minimum absolute atomic E-state index is 0.154. The largest absolute Gasteiger partial charge is 0.456 e. The summed E-state index contributed by atoms with van der Waals surface area (Å²) in [6, 6.07) is 11.5. The molecular weight excluding hydrogens is 326 g/mol. The van der Waals surface area contributed by atoms with Gasteiger partial charge in [0.15, 0.2) is 5.76 Å². The Hall–Kier alpha value is -1.78. The van der Waals surface area contributed by atoms with E-state index in [1.807, 2.05) is 31.2 Å². The molecule has 0 unspecified atom stereocenters. The van der Waals surface area contributed by atoms with Crippen molar-refractivity contribution in [2.45, 2.75) is 31.6 Å². The Bertz CT molecular complexity index is 704. The minimum atomic E-state index is -0.178. The molecule has 2 aromatic rings. The van der Waals surface area contributed by atoms with Crippen LogP contribution in [0.5, 0.6) is 0 Å². The molecule has 1 aromatic heterocycles.